The Morgan fingerprint density at radius 3 is 2.24 bits per heavy atom. The van der Waals surface area contributed by atoms with Crippen LogP contribution in [0.15, 0.2) is 79.0 Å². The first-order valence-electron chi connectivity index (χ1n) is 7.12. The van der Waals surface area contributed by atoms with Crippen molar-refractivity contribution in [3.8, 4) is 17.1 Å². The molecule has 0 saturated carbocycles. The summed E-state index contributed by atoms with van der Waals surface area (Å²) >= 11 is 0. The van der Waals surface area contributed by atoms with Gasteiger partial charge in [-0.15, -0.1) is 0 Å². The van der Waals surface area contributed by atoms with Gasteiger partial charge in [0.1, 0.15) is 0 Å². The third-order valence-corrected chi connectivity index (χ3v) is 3.93. The van der Waals surface area contributed by atoms with Crippen molar-refractivity contribution in [2.75, 3.05) is 0 Å². The van der Waals surface area contributed by atoms with Crippen molar-refractivity contribution in [3.05, 3.63) is 79.0 Å². The molecule has 102 valence electrons. The highest BCUT2D eigenvalue weighted by molar-refractivity contribution is 5.88. The highest BCUT2D eigenvalue weighted by atomic mass is 15.0. The zero-order chi connectivity index (χ0) is 14.2. The Kier molecular flexibility index (Phi) is 2.68. The molecule has 2 aromatic heterocycles. The summed E-state index contributed by atoms with van der Waals surface area (Å²) in [5, 5.41) is 1.26. The molecular formula is C19H16N2. The second-order valence-corrected chi connectivity index (χ2v) is 5.26. The lowest BCUT2D eigenvalue weighted by atomic mass is 10.2. The number of hydrogen-bond donors (Lipinski definition) is 0. The Labute approximate surface area is 123 Å². The molecule has 21 heavy (non-hydrogen) atoms. The molecule has 0 aliphatic heterocycles. The van der Waals surface area contributed by atoms with Crippen LogP contribution in [0.4, 0.5) is 0 Å². The second kappa shape index (κ2) is 4.67. The van der Waals surface area contributed by atoms with Gasteiger partial charge in [0.25, 0.3) is 0 Å². The minimum atomic E-state index is 1.19. The summed E-state index contributed by atoms with van der Waals surface area (Å²) in [6, 6.07) is 25.6. The molecule has 0 unspecified atom stereocenters. The maximum atomic E-state index is 2.32. The van der Waals surface area contributed by atoms with Crippen LogP contribution in [0.25, 0.3) is 28.0 Å². The van der Waals surface area contributed by atoms with Crippen molar-refractivity contribution in [2.45, 2.75) is 0 Å². The molecule has 2 nitrogen and oxygen atoms in total. The van der Waals surface area contributed by atoms with Crippen LogP contribution in [-0.4, -0.2) is 9.13 Å². The van der Waals surface area contributed by atoms with E-state index in [0.717, 1.165) is 0 Å². The van der Waals surface area contributed by atoms with E-state index in [0.29, 0.717) is 0 Å². The van der Waals surface area contributed by atoms with Gasteiger partial charge in [0.15, 0.2) is 0 Å². The summed E-state index contributed by atoms with van der Waals surface area (Å²) in [4.78, 5) is 0. The van der Waals surface area contributed by atoms with Crippen LogP contribution in [0.2, 0.25) is 0 Å². The summed E-state index contributed by atoms with van der Waals surface area (Å²) in [7, 11) is 2.09. The van der Waals surface area contributed by atoms with Gasteiger partial charge in [-0.05, 0) is 36.4 Å². The van der Waals surface area contributed by atoms with Gasteiger partial charge in [-0.25, -0.2) is 0 Å². The fourth-order valence-electron chi connectivity index (χ4n) is 2.93. The van der Waals surface area contributed by atoms with Crippen LogP contribution in [-0.2, 0) is 7.05 Å². The summed E-state index contributed by atoms with van der Waals surface area (Å²) in [6.07, 6.45) is 2.09. The Morgan fingerprint density at radius 1 is 0.714 bits per heavy atom. The summed E-state index contributed by atoms with van der Waals surface area (Å²) in [5.41, 5.74) is 4.86. The lowest BCUT2D eigenvalue weighted by Gasteiger charge is -2.11. The standard InChI is InChI=1S/C19H16N2/c1-20-13-7-12-18(20)19-14-15-8-5-6-11-17(15)21(19)16-9-3-2-4-10-16/h2-14H,1H3. The largest absolute Gasteiger partial charge is 0.349 e. The number of hydrogen-bond acceptors (Lipinski definition) is 0. The zero-order valence-corrected chi connectivity index (χ0v) is 11.9. The zero-order valence-electron chi connectivity index (χ0n) is 11.9. The SMILES string of the molecule is Cn1cccc1-c1cc2ccccc2n1-c1ccccc1. The number of nitrogens with zero attached hydrogens (tertiary/aromatic N) is 2. The van der Waals surface area contributed by atoms with E-state index in [-0.39, 0.29) is 0 Å². The van der Waals surface area contributed by atoms with Crippen molar-refractivity contribution in [3.63, 3.8) is 0 Å². The molecule has 0 bridgehead atoms. The van der Waals surface area contributed by atoms with Gasteiger partial charge in [0.2, 0.25) is 0 Å². The summed E-state index contributed by atoms with van der Waals surface area (Å²) in [6.45, 7) is 0. The molecule has 0 atom stereocenters. The topological polar surface area (TPSA) is 9.86 Å². The quantitative estimate of drug-likeness (QED) is 0.503. The monoisotopic (exact) mass is 272 g/mol. The number of benzene rings is 2. The van der Waals surface area contributed by atoms with Crippen molar-refractivity contribution < 1.29 is 0 Å². The average Bonchev–Trinajstić information content (AvgIpc) is 3.11. The molecule has 0 spiro atoms. The van der Waals surface area contributed by atoms with E-state index in [2.05, 4.69) is 95.2 Å². The summed E-state index contributed by atoms with van der Waals surface area (Å²) < 4.78 is 4.48. The van der Waals surface area contributed by atoms with Gasteiger partial charge in [0.05, 0.1) is 16.9 Å². The van der Waals surface area contributed by atoms with E-state index in [1.165, 1.54) is 28.0 Å². The Hall–Kier alpha value is -2.74. The van der Waals surface area contributed by atoms with E-state index < -0.39 is 0 Å². The Morgan fingerprint density at radius 2 is 1.48 bits per heavy atom. The van der Waals surface area contributed by atoms with Crippen LogP contribution >= 0.6 is 0 Å². The van der Waals surface area contributed by atoms with Crippen LogP contribution in [0.3, 0.4) is 0 Å². The molecule has 0 fully saturated rings. The molecule has 2 heterocycles. The number of rotatable bonds is 2. The smallest absolute Gasteiger partial charge is 0.0705 e. The molecule has 0 amide bonds. The predicted octanol–water partition coefficient (Wildman–Crippen LogP) is 4.64. The molecule has 2 aromatic carbocycles. The van der Waals surface area contributed by atoms with Gasteiger partial charge in [-0.3, -0.25) is 0 Å². The highest BCUT2D eigenvalue weighted by Crippen LogP contribution is 2.31. The molecule has 0 aliphatic carbocycles. The maximum Gasteiger partial charge on any atom is 0.0705 e. The van der Waals surface area contributed by atoms with Crippen molar-refractivity contribution in [2.24, 2.45) is 7.05 Å². The first-order chi connectivity index (χ1) is 10.3. The van der Waals surface area contributed by atoms with Gasteiger partial charge < -0.3 is 9.13 Å². The number of aromatic nitrogens is 2. The third-order valence-electron chi connectivity index (χ3n) is 3.93. The van der Waals surface area contributed by atoms with Crippen molar-refractivity contribution >= 4 is 10.9 Å². The molecule has 0 saturated heterocycles. The molecule has 0 aliphatic rings. The van der Waals surface area contributed by atoms with E-state index in [4.69, 9.17) is 0 Å². The first-order valence-corrected chi connectivity index (χ1v) is 7.12. The minimum absolute atomic E-state index is 1.19. The molecule has 0 radical (unpaired) electrons. The molecule has 2 heteroatoms. The van der Waals surface area contributed by atoms with Gasteiger partial charge >= 0.3 is 0 Å². The van der Waals surface area contributed by atoms with Gasteiger partial charge in [-0.2, -0.15) is 0 Å². The summed E-state index contributed by atoms with van der Waals surface area (Å²) in [5.74, 6) is 0. The van der Waals surface area contributed by atoms with Crippen LogP contribution in [0, 0.1) is 0 Å². The van der Waals surface area contributed by atoms with Gasteiger partial charge in [0, 0.05) is 24.3 Å². The first kappa shape index (κ1) is 12.0. The third kappa shape index (κ3) is 1.88. The van der Waals surface area contributed by atoms with E-state index in [9.17, 15) is 0 Å². The maximum absolute atomic E-state index is 2.32. The average molecular weight is 272 g/mol. The van der Waals surface area contributed by atoms with Crippen LogP contribution in [0.1, 0.15) is 0 Å². The lowest BCUT2D eigenvalue weighted by molar-refractivity contribution is 0.924. The fourth-order valence-corrected chi connectivity index (χ4v) is 2.93. The Balaban J connectivity index is 2.09. The molecule has 4 aromatic rings. The van der Waals surface area contributed by atoms with Crippen molar-refractivity contribution in [1.82, 2.24) is 9.13 Å². The molecule has 4 rings (SSSR count). The van der Waals surface area contributed by atoms with Crippen LogP contribution in [0.5, 0.6) is 0 Å². The fraction of sp³-hybridized carbons (Fsp3) is 0.0526. The van der Waals surface area contributed by atoms with E-state index in [1.807, 2.05) is 0 Å². The normalized spacial score (nSPS) is 11.1. The van der Waals surface area contributed by atoms with Gasteiger partial charge in [-0.1, -0.05) is 36.4 Å². The van der Waals surface area contributed by atoms with E-state index in [1.54, 1.807) is 0 Å². The molecule has 0 N–H and O–H groups in total. The number of fused-ring (bicyclic) bond motifs is 1. The lowest BCUT2D eigenvalue weighted by Crippen LogP contribution is -1.99. The van der Waals surface area contributed by atoms with Crippen LogP contribution < -0.4 is 0 Å². The minimum Gasteiger partial charge on any atom is -0.349 e. The van der Waals surface area contributed by atoms with E-state index >= 15 is 0 Å². The predicted molar refractivity (Wildman–Crippen MR) is 87.7 cm³/mol. The number of para-hydroxylation sites is 2. The number of aryl methyl sites for hydroxylation is 1. The second-order valence-electron chi connectivity index (χ2n) is 5.26. The van der Waals surface area contributed by atoms with Crippen molar-refractivity contribution in [1.29, 1.82) is 0 Å². The molecular weight excluding hydrogens is 256 g/mol. The highest BCUT2D eigenvalue weighted by Gasteiger charge is 2.13. The Bertz CT molecular complexity index is 898.